The molecule has 4 aliphatic rings. The molecule has 188 valence electrons. The molecule has 2 atom stereocenters. The fourth-order valence-corrected chi connectivity index (χ4v) is 7.05. The van der Waals surface area contributed by atoms with Gasteiger partial charge in [0, 0.05) is 42.9 Å². The van der Waals surface area contributed by atoms with Gasteiger partial charge in [-0.15, -0.1) is 0 Å². The van der Waals surface area contributed by atoms with E-state index < -0.39 is 4.87 Å². The summed E-state index contributed by atoms with van der Waals surface area (Å²) < 4.78 is 14.7. The Kier molecular flexibility index (Phi) is 5.03. The van der Waals surface area contributed by atoms with E-state index in [0.717, 1.165) is 33.5 Å². The van der Waals surface area contributed by atoms with Crippen molar-refractivity contribution in [1.29, 1.82) is 0 Å². The highest BCUT2D eigenvalue weighted by atomic mass is 32.2. The van der Waals surface area contributed by atoms with Crippen molar-refractivity contribution in [3.05, 3.63) is 125 Å². The minimum atomic E-state index is -1.23. The largest absolute Gasteiger partial charge is 0.378 e. The van der Waals surface area contributed by atoms with E-state index in [2.05, 4.69) is 34.5 Å². The van der Waals surface area contributed by atoms with E-state index in [0.29, 0.717) is 11.3 Å². The zero-order valence-electron chi connectivity index (χ0n) is 20.8. The van der Waals surface area contributed by atoms with E-state index in [1.54, 1.807) is 6.07 Å². The molecule has 3 aromatic rings. The molecule has 4 heterocycles. The number of nitrogens with zero attached hydrogens (tertiary/aromatic N) is 4. The summed E-state index contributed by atoms with van der Waals surface area (Å²) in [6.45, 7) is 0. The Morgan fingerprint density at radius 1 is 1.03 bits per heavy atom. The van der Waals surface area contributed by atoms with E-state index in [4.69, 9.17) is 4.99 Å². The van der Waals surface area contributed by atoms with Gasteiger partial charge in [0.15, 0.2) is 0 Å². The van der Waals surface area contributed by atoms with Crippen LogP contribution in [0.15, 0.2) is 113 Å². The monoisotopic (exact) mass is 521 g/mol. The van der Waals surface area contributed by atoms with Crippen molar-refractivity contribution < 1.29 is 9.18 Å². The summed E-state index contributed by atoms with van der Waals surface area (Å²) in [7, 11) is 4.02. The third-order valence-electron chi connectivity index (χ3n) is 7.22. The minimum Gasteiger partial charge on any atom is -0.378 e. The normalized spacial score (nSPS) is 22.9. The highest BCUT2D eigenvalue weighted by Gasteiger charge is 2.61. The summed E-state index contributed by atoms with van der Waals surface area (Å²) in [4.78, 5) is 25.0. The highest BCUT2D eigenvalue weighted by Crippen LogP contribution is 2.63. The first-order chi connectivity index (χ1) is 18.5. The summed E-state index contributed by atoms with van der Waals surface area (Å²) in [5, 5.41) is 3.03. The second kappa shape index (κ2) is 8.36. The topological polar surface area (TPSA) is 51.2 Å². The summed E-state index contributed by atoms with van der Waals surface area (Å²) >= 11 is 1.45. The van der Waals surface area contributed by atoms with Crippen LogP contribution in [-0.4, -0.2) is 30.7 Å². The van der Waals surface area contributed by atoms with Crippen molar-refractivity contribution in [2.24, 2.45) is 4.99 Å². The molecule has 1 amide bonds. The van der Waals surface area contributed by atoms with Gasteiger partial charge >= 0.3 is 0 Å². The molecule has 0 saturated carbocycles. The van der Waals surface area contributed by atoms with E-state index in [9.17, 15) is 9.18 Å². The fourth-order valence-electron chi connectivity index (χ4n) is 5.44. The summed E-state index contributed by atoms with van der Waals surface area (Å²) in [6, 6.07) is 22.3. The summed E-state index contributed by atoms with van der Waals surface area (Å²) in [5.41, 5.74) is 4.17. The molecule has 0 saturated heterocycles. The molecule has 0 aromatic heterocycles. The number of fused-ring (bicyclic) bond motifs is 4. The summed E-state index contributed by atoms with van der Waals surface area (Å²) in [6.07, 6.45) is 7.86. The molecule has 1 spiro atoms. The Morgan fingerprint density at radius 3 is 2.58 bits per heavy atom. The highest BCUT2D eigenvalue weighted by molar-refractivity contribution is 8.05. The van der Waals surface area contributed by atoms with E-state index in [1.807, 2.05) is 78.7 Å². The number of amidine groups is 1. The lowest BCUT2D eigenvalue weighted by Crippen LogP contribution is -2.49. The number of benzene rings is 3. The first-order valence-electron chi connectivity index (χ1n) is 12.4. The molecule has 0 fully saturated rings. The van der Waals surface area contributed by atoms with Crippen LogP contribution in [-0.2, 0) is 9.67 Å². The predicted molar refractivity (Wildman–Crippen MR) is 151 cm³/mol. The van der Waals surface area contributed by atoms with Crippen LogP contribution in [0.3, 0.4) is 0 Å². The van der Waals surface area contributed by atoms with Crippen LogP contribution in [0.4, 0.5) is 21.5 Å². The van der Waals surface area contributed by atoms with Gasteiger partial charge in [0.2, 0.25) is 4.87 Å². The smallest absolute Gasteiger partial charge is 0.266 e. The number of amides is 1. The van der Waals surface area contributed by atoms with Crippen LogP contribution in [0.5, 0.6) is 0 Å². The molecule has 2 unspecified atom stereocenters. The molecule has 3 aromatic carbocycles. The van der Waals surface area contributed by atoms with Gasteiger partial charge in [0.05, 0.1) is 4.91 Å². The predicted octanol–water partition coefficient (Wildman–Crippen LogP) is 5.96. The molecular formula is C30H24FN5OS. The summed E-state index contributed by atoms with van der Waals surface area (Å²) in [5.74, 6) is 1.04. The van der Waals surface area contributed by atoms with Crippen LogP contribution < -0.4 is 15.1 Å². The number of carbonyl (C=O) groups excluding carboxylic acids is 1. The van der Waals surface area contributed by atoms with Crippen LogP contribution >= 0.6 is 11.8 Å². The second-order valence-corrected chi connectivity index (χ2v) is 10.9. The molecule has 0 aliphatic carbocycles. The molecule has 0 bridgehead atoms. The van der Waals surface area contributed by atoms with Crippen molar-refractivity contribution in [3.8, 4) is 0 Å². The first-order valence-corrected chi connectivity index (χ1v) is 13.2. The number of halogens is 1. The lowest BCUT2D eigenvalue weighted by molar-refractivity contribution is -0.117. The number of para-hydroxylation sites is 1. The number of rotatable bonds is 3. The zero-order valence-corrected chi connectivity index (χ0v) is 21.6. The Labute approximate surface area is 224 Å². The Balaban J connectivity index is 1.48. The van der Waals surface area contributed by atoms with E-state index in [1.165, 1.54) is 23.9 Å². The maximum Gasteiger partial charge on any atom is 0.266 e. The fraction of sp³-hybridized carbons (Fsp3) is 0.133. The number of hydrogen-bond donors (Lipinski definition) is 1. The van der Waals surface area contributed by atoms with Crippen molar-refractivity contribution in [3.63, 3.8) is 0 Å². The number of nitrogens with one attached hydrogen (secondary N) is 1. The quantitative estimate of drug-likeness (QED) is 0.461. The zero-order chi connectivity index (χ0) is 26.0. The number of allylic oxidation sites excluding steroid dienone is 2. The lowest BCUT2D eigenvalue weighted by atomic mass is 10.0. The number of aliphatic imine (C=N–C) groups is 1. The average Bonchev–Trinajstić information content (AvgIpc) is 3.44. The van der Waals surface area contributed by atoms with Gasteiger partial charge < -0.3 is 10.2 Å². The number of anilines is 3. The van der Waals surface area contributed by atoms with Gasteiger partial charge in [0.25, 0.3) is 5.91 Å². The van der Waals surface area contributed by atoms with Crippen molar-refractivity contribution >= 4 is 40.6 Å². The standard InChI is InChI=1S/C30H24FN5OS/c1-34(2)21-14-11-19(12-15-21)26-27-28(35-17-7-6-10-25(35)33-26)36(22-8-4-3-5-9-22)30(38-27)23-18-20(31)13-16-24(23)32-29(30)37/h3-18,26H,1-2H3,(H,32,37). The Bertz CT molecular complexity index is 1590. The SMILES string of the molecule is CN(C)c1ccc(C2N=C3C=CC=CN3C3=C2SC2(C(=O)Nc4ccc(F)cc42)N3c2ccccc2)cc1. The Hall–Kier alpha value is -4.30. The average molecular weight is 522 g/mol. The number of thioether (sulfide) groups is 1. The molecule has 7 rings (SSSR count). The van der Waals surface area contributed by atoms with Gasteiger partial charge in [0.1, 0.15) is 23.5 Å². The van der Waals surface area contributed by atoms with Gasteiger partial charge in [-0.05, 0) is 60.2 Å². The van der Waals surface area contributed by atoms with Gasteiger partial charge in [-0.1, -0.05) is 48.2 Å². The van der Waals surface area contributed by atoms with E-state index >= 15 is 0 Å². The van der Waals surface area contributed by atoms with Crippen LogP contribution in [0.1, 0.15) is 17.2 Å². The van der Waals surface area contributed by atoms with Gasteiger partial charge in [-0.3, -0.25) is 19.6 Å². The van der Waals surface area contributed by atoms with Gasteiger partial charge in [-0.25, -0.2) is 4.39 Å². The van der Waals surface area contributed by atoms with Crippen LogP contribution in [0.25, 0.3) is 0 Å². The minimum absolute atomic E-state index is 0.207. The Morgan fingerprint density at radius 2 is 1.82 bits per heavy atom. The molecule has 1 N–H and O–H groups in total. The van der Waals surface area contributed by atoms with Crippen molar-refractivity contribution in [2.45, 2.75) is 10.9 Å². The van der Waals surface area contributed by atoms with Crippen molar-refractivity contribution in [1.82, 2.24) is 4.90 Å². The maximum absolute atomic E-state index is 14.7. The molecule has 4 aliphatic heterocycles. The third-order valence-corrected chi connectivity index (χ3v) is 8.73. The molecule has 6 nitrogen and oxygen atoms in total. The molecule has 8 heteroatoms. The number of carbonyl (C=O) groups is 1. The van der Waals surface area contributed by atoms with Gasteiger partial charge in [-0.2, -0.15) is 0 Å². The lowest BCUT2D eigenvalue weighted by Gasteiger charge is -2.40. The maximum atomic E-state index is 14.7. The third kappa shape index (κ3) is 3.20. The second-order valence-electron chi connectivity index (χ2n) is 9.70. The van der Waals surface area contributed by atoms with Crippen LogP contribution in [0, 0.1) is 5.82 Å². The first kappa shape index (κ1) is 22.9. The number of hydrogen-bond acceptors (Lipinski definition) is 6. The van der Waals surface area contributed by atoms with Crippen LogP contribution in [0.2, 0.25) is 0 Å². The molecular weight excluding hydrogens is 497 g/mol. The van der Waals surface area contributed by atoms with E-state index in [-0.39, 0.29) is 17.8 Å². The molecule has 38 heavy (non-hydrogen) atoms. The van der Waals surface area contributed by atoms with Crippen molar-refractivity contribution in [2.75, 3.05) is 29.2 Å². The molecule has 0 radical (unpaired) electrons.